The van der Waals surface area contributed by atoms with Crippen LogP contribution in [0.4, 0.5) is 5.69 Å². The Morgan fingerprint density at radius 2 is 1.77 bits per heavy atom. The minimum Gasteiger partial charge on any atom is -0.497 e. The highest BCUT2D eigenvalue weighted by Crippen LogP contribution is 2.38. The van der Waals surface area contributed by atoms with Gasteiger partial charge in [0.15, 0.2) is 0 Å². The number of hydrogen-bond acceptors (Lipinski definition) is 4. The molecule has 0 aliphatic heterocycles. The number of allylic oxidation sites excluding steroid dienone is 1. The molecule has 0 aliphatic carbocycles. The molecule has 0 saturated carbocycles. The molecule has 0 saturated heterocycles. The van der Waals surface area contributed by atoms with Crippen LogP contribution in [0.1, 0.15) is 44.7 Å². The molecular weight excluding hydrogens is 438 g/mol. The zero-order chi connectivity index (χ0) is 24.9. The molecule has 1 N–H and O–H groups in total. The van der Waals surface area contributed by atoms with Gasteiger partial charge in [-0.15, -0.1) is 0 Å². The molecule has 1 amide bonds. The molecular formula is C30H31NO4. The van der Waals surface area contributed by atoms with Gasteiger partial charge in [0.05, 0.1) is 20.0 Å². The van der Waals surface area contributed by atoms with E-state index in [-0.39, 0.29) is 5.91 Å². The van der Waals surface area contributed by atoms with Crippen LogP contribution in [0.5, 0.6) is 11.5 Å². The number of methoxy groups -OCH3 is 1. The van der Waals surface area contributed by atoms with Crippen LogP contribution >= 0.6 is 0 Å². The Labute approximate surface area is 206 Å². The quantitative estimate of drug-likeness (QED) is 0.269. The van der Waals surface area contributed by atoms with Gasteiger partial charge in [-0.3, -0.25) is 4.79 Å². The predicted molar refractivity (Wildman–Crippen MR) is 142 cm³/mol. The van der Waals surface area contributed by atoms with Crippen molar-refractivity contribution < 1.29 is 18.7 Å². The van der Waals surface area contributed by atoms with E-state index >= 15 is 0 Å². The van der Waals surface area contributed by atoms with E-state index in [0.717, 1.165) is 44.7 Å². The van der Waals surface area contributed by atoms with Crippen LogP contribution < -0.4 is 14.8 Å². The number of carbonyl (C=O) groups excluding carboxylic acids is 1. The molecule has 1 heterocycles. The van der Waals surface area contributed by atoms with Gasteiger partial charge in [-0.2, -0.15) is 0 Å². The van der Waals surface area contributed by atoms with E-state index in [4.69, 9.17) is 13.9 Å². The van der Waals surface area contributed by atoms with Crippen molar-refractivity contribution in [3.8, 4) is 22.6 Å². The number of fused-ring (bicyclic) bond motifs is 1. The van der Waals surface area contributed by atoms with E-state index in [9.17, 15) is 4.79 Å². The van der Waals surface area contributed by atoms with Crippen LogP contribution in [0.2, 0.25) is 0 Å². The van der Waals surface area contributed by atoms with Gasteiger partial charge in [0.1, 0.15) is 17.1 Å². The van der Waals surface area contributed by atoms with Crippen LogP contribution in [0, 0.1) is 0 Å². The second-order valence-electron chi connectivity index (χ2n) is 8.75. The molecule has 5 heteroatoms. The molecule has 5 nitrogen and oxygen atoms in total. The van der Waals surface area contributed by atoms with Crippen LogP contribution in [-0.4, -0.2) is 19.6 Å². The molecule has 4 aromatic rings. The van der Waals surface area contributed by atoms with Crippen LogP contribution in [0.15, 0.2) is 77.4 Å². The van der Waals surface area contributed by atoms with Crippen LogP contribution in [0.3, 0.4) is 0 Å². The number of amides is 1. The predicted octanol–water partition coefficient (Wildman–Crippen LogP) is 7.67. The van der Waals surface area contributed by atoms with Gasteiger partial charge in [-0.25, -0.2) is 0 Å². The zero-order valence-corrected chi connectivity index (χ0v) is 20.8. The minimum atomic E-state index is -0.190. The van der Waals surface area contributed by atoms with Crippen molar-refractivity contribution in [2.75, 3.05) is 19.0 Å². The molecule has 0 atom stereocenters. The van der Waals surface area contributed by atoms with E-state index < -0.39 is 0 Å². The van der Waals surface area contributed by atoms with Crippen LogP contribution in [-0.2, 0) is 4.79 Å². The highest BCUT2D eigenvalue weighted by atomic mass is 16.5. The lowest BCUT2D eigenvalue weighted by Crippen LogP contribution is -2.09. The van der Waals surface area contributed by atoms with Gasteiger partial charge < -0.3 is 19.2 Å². The number of rotatable bonds is 8. The van der Waals surface area contributed by atoms with Crippen molar-refractivity contribution in [1.82, 2.24) is 0 Å². The fourth-order valence-corrected chi connectivity index (χ4v) is 4.04. The number of furan rings is 1. The van der Waals surface area contributed by atoms with Gasteiger partial charge in [0, 0.05) is 34.3 Å². The summed E-state index contributed by atoms with van der Waals surface area (Å²) in [6.07, 6.45) is 3.35. The Bertz CT molecular complexity index is 1350. The Kier molecular flexibility index (Phi) is 7.25. The van der Waals surface area contributed by atoms with Crippen molar-refractivity contribution in [2.24, 2.45) is 0 Å². The largest absolute Gasteiger partial charge is 0.497 e. The zero-order valence-electron chi connectivity index (χ0n) is 20.8. The summed E-state index contributed by atoms with van der Waals surface area (Å²) in [6, 6.07) is 19.7. The Morgan fingerprint density at radius 1 is 1.06 bits per heavy atom. The third-order valence-corrected chi connectivity index (χ3v) is 5.99. The first kappa shape index (κ1) is 24.1. The van der Waals surface area contributed by atoms with E-state index in [1.807, 2.05) is 74.5 Å². The topological polar surface area (TPSA) is 60.7 Å². The van der Waals surface area contributed by atoms with Crippen molar-refractivity contribution in [2.45, 2.75) is 33.6 Å². The van der Waals surface area contributed by atoms with Gasteiger partial charge in [0.25, 0.3) is 0 Å². The molecule has 0 aliphatic rings. The van der Waals surface area contributed by atoms with Gasteiger partial charge in [0.2, 0.25) is 5.91 Å². The van der Waals surface area contributed by atoms with Gasteiger partial charge >= 0.3 is 0 Å². The van der Waals surface area contributed by atoms with Crippen LogP contribution in [0.25, 0.3) is 27.7 Å². The number of carbonyl (C=O) groups is 1. The molecule has 0 radical (unpaired) electrons. The molecule has 35 heavy (non-hydrogen) atoms. The standard InChI is InChI=1S/C30H31NO4/c1-6-34-28-17-29-26(27(18-35-29)22-9-13-24(33-5)14-10-22)16-25(28)20(4)15-30(32)31-23-11-7-21(8-12-23)19(2)3/h7-19H,6H2,1-5H3,(H,31,32)/b20-15+. The monoisotopic (exact) mass is 469 g/mol. The number of benzene rings is 3. The normalized spacial score (nSPS) is 11.7. The second-order valence-corrected chi connectivity index (χ2v) is 8.75. The van der Waals surface area contributed by atoms with Crippen molar-refractivity contribution in [1.29, 1.82) is 0 Å². The van der Waals surface area contributed by atoms with E-state index in [1.54, 1.807) is 19.4 Å². The Morgan fingerprint density at radius 3 is 2.40 bits per heavy atom. The maximum Gasteiger partial charge on any atom is 0.248 e. The maximum atomic E-state index is 12.8. The fraction of sp³-hybridized carbons (Fsp3) is 0.233. The molecule has 180 valence electrons. The third-order valence-electron chi connectivity index (χ3n) is 5.99. The first-order valence-electron chi connectivity index (χ1n) is 11.8. The Balaban J connectivity index is 1.66. The first-order chi connectivity index (χ1) is 16.9. The van der Waals surface area contributed by atoms with Gasteiger partial charge in [-0.1, -0.05) is 38.1 Å². The molecule has 0 spiro atoms. The van der Waals surface area contributed by atoms with Crippen molar-refractivity contribution in [3.05, 3.63) is 84.1 Å². The summed E-state index contributed by atoms with van der Waals surface area (Å²) in [4.78, 5) is 12.8. The first-order valence-corrected chi connectivity index (χ1v) is 11.8. The summed E-state index contributed by atoms with van der Waals surface area (Å²) in [7, 11) is 1.65. The number of nitrogens with one attached hydrogen (secondary N) is 1. The molecule has 0 unspecified atom stereocenters. The lowest BCUT2D eigenvalue weighted by molar-refractivity contribution is -0.111. The Hall–Kier alpha value is -3.99. The van der Waals surface area contributed by atoms with Crippen molar-refractivity contribution >= 4 is 28.1 Å². The van der Waals surface area contributed by atoms with Crippen molar-refractivity contribution in [3.63, 3.8) is 0 Å². The van der Waals surface area contributed by atoms with E-state index in [1.165, 1.54) is 5.56 Å². The fourth-order valence-electron chi connectivity index (χ4n) is 4.04. The molecule has 1 aromatic heterocycles. The van der Waals surface area contributed by atoms with Gasteiger partial charge in [-0.05, 0) is 66.8 Å². The SMILES string of the molecule is CCOc1cc2occ(-c3ccc(OC)cc3)c2cc1/C(C)=C/C(=O)Nc1ccc(C(C)C)cc1. The molecule has 0 bridgehead atoms. The smallest absolute Gasteiger partial charge is 0.248 e. The van der Waals surface area contributed by atoms with E-state index in [2.05, 4.69) is 19.2 Å². The summed E-state index contributed by atoms with van der Waals surface area (Å²) >= 11 is 0. The highest BCUT2D eigenvalue weighted by Gasteiger charge is 2.15. The summed E-state index contributed by atoms with van der Waals surface area (Å²) in [5.41, 5.74) is 6.36. The summed E-state index contributed by atoms with van der Waals surface area (Å²) in [5, 5.41) is 3.90. The lowest BCUT2D eigenvalue weighted by atomic mass is 9.99. The molecule has 4 rings (SSSR count). The number of hydrogen-bond donors (Lipinski definition) is 1. The minimum absolute atomic E-state index is 0.190. The average Bonchev–Trinajstić information content (AvgIpc) is 3.27. The lowest BCUT2D eigenvalue weighted by Gasteiger charge is -2.12. The summed E-state index contributed by atoms with van der Waals surface area (Å²) in [6.45, 7) is 8.65. The molecule has 0 fully saturated rings. The third kappa shape index (κ3) is 5.40. The number of anilines is 1. The average molecular weight is 470 g/mol. The summed E-state index contributed by atoms with van der Waals surface area (Å²) in [5.74, 6) is 1.73. The number of ether oxygens (including phenoxy) is 2. The summed E-state index contributed by atoms with van der Waals surface area (Å²) < 4.78 is 17.0. The highest BCUT2D eigenvalue weighted by molar-refractivity contribution is 6.05. The van der Waals surface area contributed by atoms with E-state index in [0.29, 0.717) is 18.3 Å². The maximum absolute atomic E-state index is 12.8. The second kappa shape index (κ2) is 10.5. The molecule has 3 aromatic carbocycles.